The van der Waals surface area contributed by atoms with Gasteiger partial charge in [-0.25, -0.2) is 4.39 Å². The molecule has 1 unspecified atom stereocenters. The first-order valence-electron chi connectivity index (χ1n) is 7.99. The van der Waals surface area contributed by atoms with Gasteiger partial charge in [0.2, 0.25) is 0 Å². The Morgan fingerprint density at radius 3 is 2.38 bits per heavy atom. The van der Waals surface area contributed by atoms with Crippen LogP contribution in [0, 0.1) is 5.92 Å². The van der Waals surface area contributed by atoms with Crippen molar-refractivity contribution in [2.24, 2.45) is 5.92 Å². The molecule has 0 bridgehead atoms. The Kier molecular flexibility index (Phi) is 8.80. The van der Waals surface area contributed by atoms with E-state index in [1.165, 1.54) is 5.56 Å². The van der Waals surface area contributed by atoms with Crippen LogP contribution < -0.4 is 4.74 Å². The number of benzene rings is 1. The molecule has 4 heteroatoms. The maximum atomic E-state index is 13.8. The van der Waals surface area contributed by atoms with Gasteiger partial charge in [-0.3, -0.25) is 0 Å². The average molecular weight is 353 g/mol. The fourth-order valence-electron chi connectivity index (χ4n) is 2.37. The van der Waals surface area contributed by atoms with Crippen LogP contribution in [0.2, 0.25) is 0 Å². The van der Waals surface area contributed by atoms with E-state index in [1.807, 2.05) is 24.3 Å². The molecule has 0 fully saturated rings. The van der Waals surface area contributed by atoms with Gasteiger partial charge in [-0.1, -0.05) is 50.2 Å². The second kappa shape index (κ2) is 10.3. The summed E-state index contributed by atoms with van der Waals surface area (Å²) in [5, 5.41) is 0.323. The Balaban J connectivity index is 2.85. The van der Waals surface area contributed by atoms with E-state index in [0.717, 1.165) is 6.08 Å². The van der Waals surface area contributed by atoms with E-state index < -0.39 is 5.83 Å². The normalized spacial score (nSPS) is 14.4. The molecule has 0 amide bonds. The molecule has 1 aromatic rings. The number of hydrogen-bond acceptors (Lipinski definition) is 2. The van der Waals surface area contributed by atoms with E-state index in [2.05, 4.69) is 20.4 Å². The first-order valence-corrected chi connectivity index (χ1v) is 8.37. The van der Waals surface area contributed by atoms with Gasteiger partial charge in [0, 0.05) is 23.6 Å². The van der Waals surface area contributed by atoms with Crippen molar-refractivity contribution < 1.29 is 13.9 Å². The zero-order valence-electron chi connectivity index (χ0n) is 14.8. The van der Waals surface area contributed by atoms with Crippen molar-refractivity contribution in [3.8, 4) is 5.75 Å². The van der Waals surface area contributed by atoms with Gasteiger partial charge in [0.25, 0.3) is 0 Å². The van der Waals surface area contributed by atoms with Crippen molar-refractivity contribution in [1.82, 2.24) is 0 Å². The van der Waals surface area contributed by atoms with Gasteiger partial charge < -0.3 is 9.47 Å². The van der Waals surface area contributed by atoms with E-state index in [1.54, 1.807) is 20.1 Å². The minimum atomic E-state index is -0.477. The van der Waals surface area contributed by atoms with E-state index in [9.17, 15) is 4.39 Å². The zero-order chi connectivity index (χ0) is 18.1. The predicted octanol–water partition coefficient (Wildman–Crippen LogP) is 6.00. The number of rotatable bonds is 9. The second-order valence-electron chi connectivity index (χ2n) is 5.83. The van der Waals surface area contributed by atoms with Gasteiger partial charge in [0.1, 0.15) is 18.2 Å². The highest BCUT2D eigenvalue weighted by Gasteiger charge is 2.16. The maximum Gasteiger partial charge on any atom is 0.130 e. The number of allylic oxidation sites excluding steroid dienone is 3. The van der Waals surface area contributed by atoms with Crippen LogP contribution in [0.25, 0.3) is 0 Å². The third kappa shape index (κ3) is 5.81. The van der Waals surface area contributed by atoms with Gasteiger partial charge in [0.15, 0.2) is 0 Å². The van der Waals surface area contributed by atoms with Gasteiger partial charge in [0.05, 0.1) is 6.61 Å². The SMILES string of the molecule is C=C/C(F)=C(COc1ccc(C(COC)C(C)C)cc1)\C(Cl)=C/C. The average Bonchev–Trinajstić information content (AvgIpc) is 2.59. The fourth-order valence-corrected chi connectivity index (χ4v) is 2.51. The van der Waals surface area contributed by atoms with Crippen LogP contribution in [0.5, 0.6) is 5.75 Å². The van der Waals surface area contributed by atoms with Gasteiger partial charge in [-0.05, 0) is 36.6 Å². The summed E-state index contributed by atoms with van der Waals surface area (Å²) in [5.74, 6) is 0.986. The molecule has 0 saturated carbocycles. The topological polar surface area (TPSA) is 18.5 Å². The van der Waals surface area contributed by atoms with Crippen molar-refractivity contribution in [3.05, 3.63) is 65.0 Å². The smallest absolute Gasteiger partial charge is 0.130 e. The molecule has 2 nitrogen and oxygen atoms in total. The number of hydrogen-bond donors (Lipinski definition) is 0. The Bertz CT molecular complexity index is 588. The molecule has 1 atom stereocenters. The van der Waals surface area contributed by atoms with Gasteiger partial charge in [-0.2, -0.15) is 0 Å². The lowest BCUT2D eigenvalue weighted by molar-refractivity contribution is 0.162. The van der Waals surface area contributed by atoms with Crippen LogP contribution >= 0.6 is 11.6 Å². The second-order valence-corrected chi connectivity index (χ2v) is 6.24. The zero-order valence-corrected chi connectivity index (χ0v) is 15.6. The molecule has 0 saturated heterocycles. The highest BCUT2D eigenvalue weighted by molar-refractivity contribution is 6.32. The summed E-state index contributed by atoms with van der Waals surface area (Å²) in [5.41, 5.74) is 1.48. The summed E-state index contributed by atoms with van der Waals surface area (Å²) in [6, 6.07) is 7.80. The molecule has 0 aliphatic carbocycles. The van der Waals surface area contributed by atoms with Crippen molar-refractivity contribution in [2.75, 3.05) is 20.3 Å². The number of methoxy groups -OCH3 is 1. The molecule has 24 heavy (non-hydrogen) atoms. The molecular formula is C20H26ClFO2. The summed E-state index contributed by atoms with van der Waals surface area (Å²) in [4.78, 5) is 0. The van der Waals surface area contributed by atoms with Crippen LogP contribution in [0.15, 0.2) is 59.4 Å². The molecule has 0 aromatic heterocycles. The third-order valence-corrected chi connectivity index (χ3v) is 4.30. The Morgan fingerprint density at radius 1 is 1.29 bits per heavy atom. The molecule has 132 valence electrons. The summed E-state index contributed by atoms with van der Waals surface area (Å²) >= 11 is 6.03. The van der Waals surface area contributed by atoms with E-state index in [4.69, 9.17) is 21.1 Å². The van der Waals surface area contributed by atoms with E-state index in [0.29, 0.717) is 29.2 Å². The Labute approximate surface area is 149 Å². The minimum absolute atomic E-state index is 0.0477. The summed E-state index contributed by atoms with van der Waals surface area (Å²) in [6.45, 7) is 10.2. The molecule has 0 radical (unpaired) electrons. The first-order chi connectivity index (χ1) is 11.4. The molecule has 0 aliphatic heterocycles. The minimum Gasteiger partial charge on any atom is -0.489 e. The monoisotopic (exact) mass is 352 g/mol. The molecule has 0 spiro atoms. The van der Waals surface area contributed by atoms with Gasteiger partial charge >= 0.3 is 0 Å². The molecule has 0 N–H and O–H groups in total. The van der Waals surface area contributed by atoms with Crippen LogP contribution in [-0.4, -0.2) is 20.3 Å². The lowest BCUT2D eigenvalue weighted by atomic mass is 9.89. The first kappa shape index (κ1) is 20.5. The Morgan fingerprint density at radius 2 is 1.92 bits per heavy atom. The van der Waals surface area contributed by atoms with Crippen molar-refractivity contribution in [1.29, 1.82) is 0 Å². The quantitative estimate of drug-likeness (QED) is 0.507. The molecule has 0 aliphatic rings. The van der Waals surface area contributed by atoms with Crippen molar-refractivity contribution in [3.63, 3.8) is 0 Å². The van der Waals surface area contributed by atoms with Crippen LogP contribution in [0.3, 0.4) is 0 Å². The molecule has 0 heterocycles. The highest BCUT2D eigenvalue weighted by atomic mass is 35.5. The summed E-state index contributed by atoms with van der Waals surface area (Å²) in [7, 11) is 1.71. The maximum absolute atomic E-state index is 13.8. The van der Waals surface area contributed by atoms with Crippen LogP contribution in [0.1, 0.15) is 32.3 Å². The lowest BCUT2D eigenvalue weighted by Gasteiger charge is -2.20. The highest BCUT2D eigenvalue weighted by Crippen LogP contribution is 2.27. The van der Waals surface area contributed by atoms with Crippen LogP contribution in [0.4, 0.5) is 4.39 Å². The largest absolute Gasteiger partial charge is 0.489 e. The van der Waals surface area contributed by atoms with Gasteiger partial charge in [-0.15, -0.1) is 0 Å². The van der Waals surface area contributed by atoms with Crippen molar-refractivity contribution >= 4 is 11.6 Å². The van der Waals surface area contributed by atoms with Crippen molar-refractivity contribution in [2.45, 2.75) is 26.7 Å². The standard InChI is InChI=1S/C20H26ClFO2/c1-6-19(21)18(20(22)7-2)13-24-16-10-8-15(9-11-16)17(12-23-5)14(3)4/h6-11,14,17H,2,12-13H2,1,3-5H3/b19-6+,20-18+. The van der Waals surface area contributed by atoms with E-state index in [-0.39, 0.29) is 12.2 Å². The van der Waals surface area contributed by atoms with E-state index >= 15 is 0 Å². The third-order valence-electron chi connectivity index (χ3n) is 3.85. The Hall–Kier alpha value is -1.58. The number of halogens is 2. The fraction of sp³-hybridized carbons (Fsp3) is 0.400. The summed E-state index contributed by atoms with van der Waals surface area (Å²) < 4.78 is 24.8. The molecular weight excluding hydrogens is 327 g/mol. The molecule has 1 rings (SSSR count). The summed E-state index contributed by atoms with van der Waals surface area (Å²) in [6.07, 6.45) is 2.76. The lowest BCUT2D eigenvalue weighted by Crippen LogP contribution is -2.12. The van der Waals surface area contributed by atoms with Crippen LogP contribution in [-0.2, 0) is 4.74 Å². The molecule has 1 aromatic carbocycles. The number of ether oxygens (including phenoxy) is 2. The predicted molar refractivity (Wildman–Crippen MR) is 99.3 cm³/mol.